The molecular weight excluding hydrogens is 502 g/mol. The Balaban J connectivity index is 1.58. The van der Waals surface area contributed by atoms with Gasteiger partial charge in [0.2, 0.25) is 5.43 Å². The van der Waals surface area contributed by atoms with Gasteiger partial charge in [0.25, 0.3) is 0 Å². The first-order chi connectivity index (χ1) is 17.8. The van der Waals surface area contributed by atoms with E-state index in [1.165, 1.54) is 0 Å². The fourth-order valence-corrected chi connectivity index (χ4v) is 5.51. The summed E-state index contributed by atoms with van der Waals surface area (Å²) in [6, 6.07) is 9.90. The third-order valence-corrected chi connectivity index (χ3v) is 7.49. The summed E-state index contributed by atoms with van der Waals surface area (Å²) in [5.41, 5.74) is -1.86. The van der Waals surface area contributed by atoms with Gasteiger partial charge in [0.05, 0.1) is 33.6 Å². The molecule has 1 aromatic heterocycles. The molecule has 10 heteroatoms. The van der Waals surface area contributed by atoms with Crippen molar-refractivity contribution in [2.45, 2.75) is 55.8 Å². The van der Waals surface area contributed by atoms with Crippen LogP contribution in [0.3, 0.4) is 0 Å². The molecule has 0 bridgehead atoms. The molecule has 0 unspecified atom stereocenters. The Kier molecular flexibility index (Phi) is 6.70. The number of fused-ring (bicyclic) bond motifs is 1. The number of ether oxygens (including phenoxy) is 2. The van der Waals surface area contributed by atoms with Crippen LogP contribution in [0.2, 0.25) is 0 Å². The summed E-state index contributed by atoms with van der Waals surface area (Å²) >= 11 is 1.14. The Morgan fingerprint density at radius 1 is 1.16 bits per heavy atom. The number of esters is 1. The summed E-state index contributed by atoms with van der Waals surface area (Å²) in [5.74, 6) is -2.69. The Hall–Kier alpha value is -3.40. The number of rotatable bonds is 8. The number of thioether (sulfide) groups is 1. The Bertz CT molecular complexity index is 1450. The van der Waals surface area contributed by atoms with Crippen molar-refractivity contribution < 1.29 is 27.8 Å². The van der Waals surface area contributed by atoms with E-state index in [0.29, 0.717) is 12.8 Å². The van der Waals surface area contributed by atoms with Crippen molar-refractivity contribution in [2.75, 3.05) is 12.9 Å². The SMILES string of the molecule is CCOC(=O)c1c(SC)n(C2CC2)c2c(F)c(C3(NC(=O)OCc4ccccc4)CC3)c(F)cc2c1=O. The Morgan fingerprint density at radius 3 is 2.46 bits per heavy atom. The lowest BCUT2D eigenvalue weighted by molar-refractivity contribution is 0.0519. The zero-order valence-corrected chi connectivity index (χ0v) is 21.3. The molecular formula is C27H26F2N2O5S. The average Bonchev–Trinajstić information content (AvgIpc) is 3.81. The van der Waals surface area contributed by atoms with Crippen LogP contribution in [-0.2, 0) is 21.6 Å². The zero-order valence-electron chi connectivity index (χ0n) is 20.4. The first kappa shape index (κ1) is 25.3. The average molecular weight is 529 g/mol. The number of halogens is 2. The van der Waals surface area contributed by atoms with Gasteiger partial charge in [-0.1, -0.05) is 30.3 Å². The lowest BCUT2D eigenvalue weighted by Crippen LogP contribution is -2.37. The predicted molar refractivity (Wildman–Crippen MR) is 135 cm³/mol. The van der Waals surface area contributed by atoms with E-state index in [4.69, 9.17) is 9.47 Å². The molecule has 2 fully saturated rings. The van der Waals surface area contributed by atoms with E-state index >= 15 is 8.78 Å². The number of carbonyl (C=O) groups excluding carboxylic acids is 2. The minimum atomic E-state index is -1.28. The Morgan fingerprint density at radius 2 is 1.86 bits per heavy atom. The number of hydrogen-bond acceptors (Lipinski definition) is 6. The van der Waals surface area contributed by atoms with Crippen molar-refractivity contribution in [2.24, 2.45) is 0 Å². The molecule has 0 atom stereocenters. The van der Waals surface area contributed by atoms with Crippen LogP contribution >= 0.6 is 11.8 Å². The largest absolute Gasteiger partial charge is 0.462 e. The van der Waals surface area contributed by atoms with E-state index in [0.717, 1.165) is 36.2 Å². The van der Waals surface area contributed by atoms with E-state index in [2.05, 4.69) is 5.32 Å². The maximum Gasteiger partial charge on any atom is 0.408 e. The zero-order chi connectivity index (χ0) is 26.3. The summed E-state index contributed by atoms with van der Waals surface area (Å²) < 4.78 is 43.8. The Labute approximate surface area is 216 Å². The highest BCUT2D eigenvalue weighted by atomic mass is 32.2. The quantitative estimate of drug-likeness (QED) is 0.310. The van der Waals surface area contributed by atoms with Gasteiger partial charge >= 0.3 is 12.1 Å². The van der Waals surface area contributed by atoms with E-state index in [9.17, 15) is 14.4 Å². The third kappa shape index (κ3) is 4.58. The molecule has 3 aromatic rings. The van der Waals surface area contributed by atoms with Gasteiger partial charge < -0.3 is 19.4 Å². The van der Waals surface area contributed by atoms with Gasteiger partial charge in [0.1, 0.15) is 18.0 Å². The molecule has 2 aliphatic carbocycles. The number of aromatic nitrogens is 1. The lowest BCUT2D eigenvalue weighted by Gasteiger charge is -2.23. The second-order valence-electron chi connectivity index (χ2n) is 9.25. The first-order valence-corrected chi connectivity index (χ1v) is 13.3. The van der Waals surface area contributed by atoms with Crippen LogP contribution in [0, 0.1) is 11.6 Å². The molecule has 5 rings (SSSR count). The van der Waals surface area contributed by atoms with E-state index in [1.54, 1.807) is 29.9 Å². The summed E-state index contributed by atoms with van der Waals surface area (Å²) in [6.45, 7) is 1.69. The number of carbonyl (C=O) groups is 2. The van der Waals surface area contributed by atoms with Crippen molar-refractivity contribution in [3.8, 4) is 0 Å². The number of pyridine rings is 1. The molecule has 7 nitrogen and oxygen atoms in total. The molecule has 1 amide bonds. The summed E-state index contributed by atoms with van der Waals surface area (Å²) in [6.07, 6.45) is 3.00. The smallest absolute Gasteiger partial charge is 0.408 e. The van der Waals surface area contributed by atoms with E-state index in [-0.39, 0.29) is 46.3 Å². The van der Waals surface area contributed by atoms with Gasteiger partial charge in [-0.25, -0.2) is 18.4 Å². The fraction of sp³-hybridized carbons (Fsp3) is 0.370. The number of benzene rings is 2. The van der Waals surface area contributed by atoms with Crippen LogP contribution < -0.4 is 10.7 Å². The third-order valence-electron chi connectivity index (χ3n) is 6.71. The van der Waals surface area contributed by atoms with Crippen LogP contribution in [0.1, 0.15) is 60.1 Å². The van der Waals surface area contributed by atoms with Gasteiger partial charge in [-0.2, -0.15) is 0 Å². The van der Waals surface area contributed by atoms with Gasteiger partial charge in [-0.15, -0.1) is 11.8 Å². The van der Waals surface area contributed by atoms with Crippen molar-refractivity contribution in [3.63, 3.8) is 0 Å². The number of nitrogens with one attached hydrogen (secondary N) is 1. The molecule has 0 aliphatic heterocycles. The minimum Gasteiger partial charge on any atom is -0.462 e. The second-order valence-corrected chi connectivity index (χ2v) is 10.0. The highest BCUT2D eigenvalue weighted by molar-refractivity contribution is 7.98. The minimum absolute atomic E-state index is 0.0143. The highest BCUT2D eigenvalue weighted by Crippen LogP contribution is 2.50. The molecule has 2 aliphatic rings. The topological polar surface area (TPSA) is 86.6 Å². The maximum absolute atomic E-state index is 16.3. The first-order valence-electron chi connectivity index (χ1n) is 12.1. The molecule has 1 heterocycles. The molecule has 0 saturated heterocycles. The molecule has 2 saturated carbocycles. The normalized spacial score (nSPS) is 15.9. The van der Waals surface area contributed by atoms with E-state index < -0.39 is 34.7 Å². The molecule has 2 aromatic carbocycles. The standard InChI is InChI=1S/C27H26F2N2O5S/c1-3-35-25(33)19-23(32)17-13-18(28)20(21(29)22(17)31(16-9-10-16)24(19)37-2)27(11-12-27)30-26(34)36-14-15-7-5-4-6-8-15/h4-8,13,16H,3,9-12,14H2,1-2H3,(H,30,34). The monoisotopic (exact) mass is 528 g/mol. The molecule has 0 radical (unpaired) electrons. The van der Waals surface area contributed by atoms with Crippen LogP contribution in [0.25, 0.3) is 10.9 Å². The number of alkyl carbamates (subject to hydrolysis) is 1. The lowest BCUT2D eigenvalue weighted by atomic mass is 9.99. The van der Waals surface area contributed by atoms with Crippen LogP contribution in [-0.4, -0.2) is 29.5 Å². The van der Waals surface area contributed by atoms with Crippen molar-refractivity contribution >= 4 is 34.7 Å². The molecule has 37 heavy (non-hydrogen) atoms. The summed E-state index contributed by atoms with van der Waals surface area (Å²) in [5, 5.41) is 2.71. The van der Waals surface area contributed by atoms with Gasteiger partial charge in [-0.3, -0.25) is 4.79 Å². The van der Waals surface area contributed by atoms with Gasteiger partial charge in [0.15, 0.2) is 5.82 Å². The number of nitrogens with zero attached hydrogens (tertiary/aromatic N) is 1. The van der Waals surface area contributed by atoms with Crippen molar-refractivity contribution in [3.05, 3.63) is 74.9 Å². The predicted octanol–water partition coefficient (Wildman–Crippen LogP) is 5.43. The molecule has 1 N–H and O–H groups in total. The fourth-order valence-electron chi connectivity index (χ4n) is 4.69. The summed E-state index contributed by atoms with van der Waals surface area (Å²) in [4.78, 5) is 38.6. The van der Waals surface area contributed by atoms with Crippen molar-refractivity contribution in [1.82, 2.24) is 9.88 Å². The molecule has 194 valence electrons. The van der Waals surface area contributed by atoms with E-state index in [1.807, 2.05) is 18.2 Å². The van der Waals surface area contributed by atoms with Crippen molar-refractivity contribution in [1.29, 1.82) is 0 Å². The summed E-state index contributed by atoms with van der Waals surface area (Å²) in [7, 11) is 0. The number of amides is 1. The maximum atomic E-state index is 16.3. The highest BCUT2D eigenvalue weighted by Gasteiger charge is 2.51. The van der Waals surface area contributed by atoms with Gasteiger partial charge in [0, 0.05) is 6.04 Å². The van der Waals surface area contributed by atoms with Crippen LogP contribution in [0.4, 0.5) is 13.6 Å². The second kappa shape index (κ2) is 9.81. The van der Waals surface area contributed by atoms with Crippen LogP contribution in [0.5, 0.6) is 0 Å². The number of hydrogen-bond donors (Lipinski definition) is 1. The molecule has 0 spiro atoms. The van der Waals surface area contributed by atoms with Crippen LogP contribution in [0.15, 0.2) is 46.2 Å². The van der Waals surface area contributed by atoms with Gasteiger partial charge in [-0.05, 0) is 50.5 Å².